The highest BCUT2D eigenvalue weighted by Gasteiger charge is 2.25. The van der Waals surface area contributed by atoms with E-state index in [2.05, 4.69) is 144 Å². The van der Waals surface area contributed by atoms with Gasteiger partial charge in [0.2, 0.25) is 0 Å². The number of aromatic nitrogens is 1. The molecule has 0 spiro atoms. The molecule has 0 aliphatic heterocycles. The van der Waals surface area contributed by atoms with E-state index >= 15 is 0 Å². The minimum atomic E-state index is 1.27. The Morgan fingerprint density at radius 2 is 0.732 bits per heavy atom. The van der Waals surface area contributed by atoms with Crippen LogP contribution in [0.4, 0.5) is 0 Å². The minimum absolute atomic E-state index is 1.27. The molecule has 0 radical (unpaired) electrons. The van der Waals surface area contributed by atoms with E-state index in [1.54, 1.807) is 0 Å². The molecule has 1 aliphatic carbocycles. The molecule has 2 aromatic heterocycles. The summed E-state index contributed by atoms with van der Waals surface area (Å²) in [6, 6.07) is 51.8. The number of para-hydroxylation sites is 1. The Balaban J connectivity index is 1.46. The summed E-state index contributed by atoms with van der Waals surface area (Å²) in [5, 5.41) is 7.83. The monoisotopic (exact) mass is 517 g/mol. The molecule has 0 saturated heterocycles. The smallest absolute Gasteiger partial charge is 0.0620 e. The van der Waals surface area contributed by atoms with Crippen LogP contribution < -0.4 is 0 Å². The maximum Gasteiger partial charge on any atom is 0.0620 e. The van der Waals surface area contributed by atoms with E-state index in [-0.39, 0.29) is 0 Å². The van der Waals surface area contributed by atoms with E-state index in [0.29, 0.717) is 0 Å². The molecule has 0 atom stereocenters. The van der Waals surface area contributed by atoms with Crippen LogP contribution in [0.5, 0.6) is 0 Å². The molecule has 7 aromatic carbocycles. The van der Waals surface area contributed by atoms with Crippen LogP contribution in [0.15, 0.2) is 140 Å². The van der Waals surface area contributed by atoms with Gasteiger partial charge < -0.3 is 4.40 Å². The van der Waals surface area contributed by atoms with Crippen LogP contribution in [0, 0.1) is 0 Å². The average molecular weight is 518 g/mol. The Hall–Kier alpha value is -5.40. The number of hydrogen-bond donors (Lipinski definition) is 0. The van der Waals surface area contributed by atoms with Gasteiger partial charge >= 0.3 is 0 Å². The summed E-state index contributed by atoms with van der Waals surface area (Å²) in [6.45, 7) is 0. The lowest BCUT2D eigenvalue weighted by molar-refractivity contribution is 1.38. The Morgan fingerprint density at radius 3 is 1.37 bits per heavy atom. The molecule has 41 heavy (non-hydrogen) atoms. The van der Waals surface area contributed by atoms with Crippen LogP contribution in [-0.2, 0) is 0 Å². The average Bonchev–Trinajstić information content (AvgIpc) is 3.55. The van der Waals surface area contributed by atoms with E-state index in [9.17, 15) is 0 Å². The van der Waals surface area contributed by atoms with Gasteiger partial charge in [-0.15, -0.1) is 0 Å². The van der Waals surface area contributed by atoms with Crippen LogP contribution in [-0.4, -0.2) is 4.40 Å². The molecule has 0 N–H and O–H groups in total. The zero-order valence-electron chi connectivity index (χ0n) is 22.2. The third-order valence-corrected chi connectivity index (χ3v) is 9.28. The van der Waals surface area contributed by atoms with E-state index in [0.717, 1.165) is 0 Å². The molecule has 9 aromatic rings. The van der Waals surface area contributed by atoms with Crippen molar-refractivity contribution in [3.8, 4) is 44.5 Å². The standard InChI is InChI=1S/C40H23N/c1-2-11-25-24(10-1)20-21-34-32-18-9-19-33-37-22-35-30-16-7-5-14-28(30)26-12-3-4-13-27(26)29-15-6-8-17-31(29)36(35)23-38(37)41(39(25)34)40(32)33/h1-23H. The van der Waals surface area contributed by atoms with Crippen LogP contribution in [0.3, 0.4) is 0 Å². The van der Waals surface area contributed by atoms with Gasteiger partial charge in [-0.3, -0.25) is 0 Å². The highest BCUT2D eigenvalue weighted by atomic mass is 14.9. The van der Waals surface area contributed by atoms with Gasteiger partial charge in [-0.05, 0) is 62.0 Å². The van der Waals surface area contributed by atoms with Crippen molar-refractivity contribution in [3.63, 3.8) is 0 Å². The van der Waals surface area contributed by atoms with Gasteiger partial charge in [0.1, 0.15) is 0 Å². The molecule has 10 rings (SSSR count). The molecule has 2 heterocycles. The van der Waals surface area contributed by atoms with E-state index in [1.165, 1.54) is 93.4 Å². The van der Waals surface area contributed by atoms with Crippen LogP contribution in [0.2, 0.25) is 0 Å². The van der Waals surface area contributed by atoms with Crippen molar-refractivity contribution in [1.82, 2.24) is 4.40 Å². The van der Waals surface area contributed by atoms with Crippen molar-refractivity contribution in [2.24, 2.45) is 0 Å². The maximum absolute atomic E-state index is 2.54. The first-order valence-corrected chi connectivity index (χ1v) is 14.3. The number of hydrogen-bond acceptors (Lipinski definition) is 0. The topological polar surface area (TPSA) is 4.41 Å². The van der Waals surface area contributed by atoms with Gasteiger partial charge in [-0.2, -0.15) is 0 Å². The molecular formula is C40H23N. The van der Waals surface area contributed by atoms with Gasteiger partial charge in [0, 0.05) is 26.9 Å². The van der Waals surface area contributed by atoms with Crippen molar-refractivity contribution >= 4 is 48.9 Å². The fraction of sp³-hybridized carbons (Fsp3) is 0. The molecule has 0 saturated carbocycles. The summed E-state index contributed by atoms with van der Waals surface area (Å²) >= 11 is 0. The predicted molar refractivity (Wildman–Crippen MR) is 174 cm³/mol. The Labute approximate surface area is 236 Å². The molecule has 1 nitrogen and oxygen atoms in total. The molecule has 1 aliphatic rings. The molecule has 0 unspecified atom stereocenters. The van der Waals surface area contributed by atoms with Crippen molar-refractivity contribution < 1.29 is 0 Å². The summed E-state index contributed by atoms with van der Waals surface area (Å²) < 4.78 is 2.54. The third kappa shape index (κ3) is 2.66. The molecule has 0 fully saturated rings. The fourth-order valence-electron chi connectivity index (χ4n) is 7.58. The Kier molecular flexibility index (Phi) is 3.98. The fourth-order valence-corrected chi connectivity index (χ4v) is 7.58. The molecule has 0 amide bonds. The lowest BCUT2D eigenvalue weighted by Crippen LogP contribution is -1.97. The second-order valence-electron chi connectivity index (χ2n) is 11.3. The van der Waals surface area contributed by atoms with Gasteiger partial charge in [0.05, 0.1) is 16.6 Å². The summed E-state index contributed by atoms with van der Waals surface area (Å²) in [7, 11) is 0. The molecular weight excluding hydrogens is 494 g/mol. The van der Waals surface area contributed by atoms with Crippen LogP contribution in [0.25, 0.3) is 93.4 Å². The zero-order valence-corrected chi connectivity index (χ0v) is 22.2. The van der Waals surface area contributed by atoms with Gasteiger partial charge in [-0.25, -0.2) is 0 Å². The number of rotatable bonds is 0. The molecule has 188 valence electrons. The summed E-state index contributed by atoms with van der Waals surface area (Å²) in [6.07, 6.45) is 0. The maximum atomic E-state index is 2.54. The second-order valence-corrected chi connectivity index (χ2v) is 11.3. The first kappa shape index (κ1) is 21.4. The van der Waals surface area contributed by atoms with E-state index in [4.69, 9.17) is 0 Å². The first-order chi connectivity index (χ1) is 20.4. The van der Waals surface area contributed by atoms with Crippen LogP contribution >= 0.6 is 0 Å². The summed E-state index contributed by atoms with van der Waals surface area (Å²) in [5.74, 6) is 0. The lowest BCUT2D eigenvalue weighted by Gasteiger charge is -2.23. The van der Waals surface area contributed by atoms with Gasteiger partial charge in [0.25, 0.3) is 0 Å². The number of fused-ring (bicyclic) bond motifs is 16. The van der Waals surface area contributed by atoms with Crippen molar-refractivity contribution in [3.05, 3.63) is 140 Å². The molecule has 1 heteroatoms. The van der Waals surface area contributed by atoms with Crippen LogP contribution in [0.1, 0.15) is 0 Å². The first-order valence-electron chi connectivity index (χ1n) is 14.3. The minimum Gasteiger partial charge on any atom is -0.307 e. The normalized spacial score (nSPS) is 12.4. The Morgan fingerprint density at radius 1 is 0.293 bits per heavy atom. The van der Waals surface area contributed by atoms with E-state index in [1.807, 2.05) is 0 Å². The van der Waals surface area contributed by atoms with Gasteiger partial charge in [0.15, 0.2) is 0 Å². The zero-order chi connectivity index (χ0) is 26.7. The Bertz CT molecular complexity index is 2530. The predicted octanol–water partition coefficient (Wildman–Crippen LogP) is 11.0. The van der Waals surface area contributed by atoms with Crippen molar-refractivity contribution in [2.75, 3.05) is 0 Å². The third-order valence-electron chi connectivity index (χ3n) is 9.28. The highest BCUT2D eigenvalue weighted by Crippen LogP contribution is 2.50. The SMILES string of the molecule is c1ccc2c(c1)-c1ccccc1-c1cc3c4cccc5c6ccc7ccccc7c6n(c3cc1-c1ccccc1-2)c45. The summed E-state index contributed by atoms with van der Waals surface area (Å²) in [4.78, 5) is 0. The van der Waals surface area contributed by atoms with Gasteiger partial charge in [-0.1, -0.05) is 127 Å². The lowest BCUT2D eigenvalue weighted by atomic mass is 9.80. The van der Waals surface area contributed by atoms with Crippen molar-refractivity contribution in [1.29, 1.82) is 0 Å². The van der Waals surface area contributed by atoms with Crippen molar-refractivity contribution in [2.45, 2.75) is 0 Å². The van der Waals surface area contributed by atoms with E-state index < -0.39 is 0 Å². The summed E-state index contributed by atoms with van der Waals surface area (Å²) in [5.41, 5.74) is 14.1. The quantitative estimate of drug-likeness (QED) is 0.188. The highest BCUT2D eigenvalue weighted by molar-refractivity contribution is 6.28. The largest absolute Gasteiger partial charge is 0.307 e. The number of nitrogens with zero attached hydrogens (tertiary/aromatic N) is 1. The number of benzene rings is 7. The second kappa shape index (κ2) is 7.62. The molecule has 0 bridgehead atoms.